The Kier molecular flexibility index (Phi) is 3.17. The van der Waals surface area contributed by atoms with E-state index in [-0.39, 0.29) is 0 Å². The SMILES string of the molecule is Cc1ccc(C)c(S(=O)(=O)Nc2cccc3[nH]ncc23)c1. The number of H-pyrrole nitrogens is 1. The standard InChI is InChI=1S/C15H15N3O2S/c1-10-6-7-11(2)15(8-10)21(19,20)18-14-5-3-4-13-12(14)9-16-17-13/h3-9,18H,1-2H3,(H,16,17). The van der Waals surface area contributed by atoms with Crippen LogP contribution in [0.25, 0.3) is 10.9 Å². The number of fused-ring (bicyclic) bond motifs is 1. The summed E-state index contributed by atoms with van der Waals surface area (Å²) >= 11 is 0. The second-order valence-electron chi connectivity index (χ2n) is 5.01. The van der Waals surface area contributed by atoms with E-state index in [1.165, 1.54) is 0 Å². The summed E-state index contributed by atoms with van der Waals surface area (Å²) in [5.41, 5.74) is 2.92. The maximum Gasteiger partial charge on any atom is 0.262 e. The minimum atomic E-state index is -3.63. The Morgan fingerprint density at radius 2 is 1.95 bits per heavy atom. The molecular weight excluding hydrogens is 286 g/mol. The largest absolute Gasteiger partial charge is 0.279 e. The van der Waals surface area contributed by atoms with Gasteiger partial charge in [-0.05, 0) is 43.2 Å². The smallest absolute Gasteiger partial charge is 0.262 e. The number of aromatic amines is 1. The lowest BCUT2D eigenvalue weighted by Gasteiger charge is -2.11. The summed E-state index contributed by atoms with van der Waals surface area (Å²) < 4.78 is 27.8. The van der Waals surface area contributed by atoms with Gasteiger partial charge in [0.05, 0.1) is 22.3 Å². The average molecular weight is 301 g/mol. The molecule has 3 rings (SSSR count). The lowest BCUT2D eigenvalue weighted by Crippen LogP contribution is -2.14. The van der Waals surface area contributed by atoms with Gasteiger partial charge in [-0.1, -0.05) is 18.2 Å². The van der Waals surface area contributed by atoms with Crippen LogP contribution < -0.4 is 4.72 Å². The Bertz CT molecular complexity index is 914. The monoisotopic (exact) mass is 301 g/mol. The summed E-state index contributed by atoms with van der Waals surface area (Å²) in [5, 5.41) is 7.50. The van der Waals surface area contributed by atoms with E-state index in [4.69, 9.17) is 0 Å². The molecule has 2 N–H and O–H groups in total. The number of nitrogens with zero attached hydrogens (tertiary/aromatic N) is 1. The Balaban J connectivity index is 2.08. The maximum absolute atomic E-state index is 12.6. The molecule has 6 heteroatoms. The molecule has 0 fully saturated rings. The van der Waals surface area contributed by atoms with Gasteiger partial charge in [0.2, 0.25) is 0 Å². The van der Waals surface area contributed by atoms with E-state index in [1.54, 1.807) is 31.3 Å². The van der Waals surface area contributed by atoms with Crippen LogP contribution in [0.2, 0.25) is 0 Å². The van der Waals surface area contributed by atoms with E-state index < -0.39 is 10.0 Å². The maximum atomic E-state index is 12.6. The van der Waals surface area contributed by atoms with Crippen LogP contribution in [-0.2, 0) is 10.0 Å². The molecule has 1 heterocycles. The highest BCUT2D eigenvalue weighted by atomic mass is 32.2. The van der Waals surface area contributed by atoms with Crippen molar-refractivity contribution in [3.8, 4) is 0 Å². The van der Waals surface area contributed by atoms with Crippen LogP contribution in [-0.4, -0.2) is 18.6 Å². The van der Waals surface area contributed by atoms with Crippen molar-refractivity contribution in [1.29, 1.82) is 0 Å². The fourth-order valence-corrected chi connectivity index (χ4v) is 3.66. The summed E-state index contributed by atoms with van der Waals surface area (Å²) in [6.07, 6.45) is 1.61. The number of benzene rings is 2. The van der Waals surface area contributed by atoms with E-state index in [0.717, 1.165) is 16.5 Å². The molecule has 0 atom stereocenters. The zero-order chi connectivity index (χ0) is 15.0. The first-order valence-corrected chi connectivity index (χ1v) is 7.98. The van der Waals surface area contributed by atoms with Crippen LogP contribution in [0.3, 0.4) is 0 Å². The third kappa shape index (κ3) is 2.50. The van der Waals surface area contributed by atoms with Crippen molar-refractivity contribution in [1.82, 2.24) is 10.2 Å². The number of aryl methyl sites for hydroxylation is 2. The average Bonchev–Trinajstić information content (AvgIpc) is 2.90. The topological polar surface area (TPSA) is 74.8 Å². The summed E-state index contributed by atoms with van der Waals surface area (Å²) in [6, 6.07) is 10.7. The molecule has 2 aromatic carbocycles. The highest BCUT2D eigenvalue weighted by Gasteiger charge is 2.18. The molecule has 0 spiro atoms. The molecule has 0 saturated carbocycles. The number of nitrogens with one attached hydrogen (secondary N) is 2. The molecule has 0 aliphatic rings. The molecule has 1 aromatic heterocycles. The van der Waals surface area contributed by atoms with E-state index >= 15 is 0 Å². The molecule has 0 aliphatic heterocycles. The third-order valence-electron chi connectivity index (χ3n) is 3.36. The van der Waals surface area contributed by atoms with Crippen LogP contribution in [0.1, 0.15) is 11.1 Å². The molecular formula is C15H15N3O2S. The van der Waals surface area contributed by atoms with E-state index in [1.807, 2.05) is 25.1 Å². The van der Waals surface area contributed by atoms with E-state index in [0.29, 0.717) is 16.1 Å². The van der Waals surface area contributed by atoms with Gasteiger partial charge in [-0.2, -0.15) is 5.10 Å². The molecule has 0 radical (unpaired) electrons. The second kappa shape index (κ2) is 4.89. The highest BCUT2D eigenvalue weighted by molar-refractivity contribution is 7.92. The molecule has 5 nitrogen and oxygen atoms in total. The lowest BCUT2D eigenvalue weighted by molar-refractivity contribution is 0.600. The zero-order valence-corrected chi connectivity index (χ0v) is 12.5. The number of hydrogen-bond acceptors (Lipinski definition) is 3. The Labute approximate surface area is 123 Å². The fraction of sp³-hybridized carbons (Fsp3) is 0.133. The molecule has 21 heavy (non-hydrogen) atoms. The van der Waals surface area contributed by atoms with Crippen molar-refractivity contribution in [3.05, 3.63) is 53.7 Å². The molecule has 0 saturated heterocycles. The number of aromatic nitrogens is 2. The molecule has 0 aliphatic carbocycles. The highest BCUT2D eigenvalue weighted by Crippen LogP contribution is 2.25. The van der Waals surface area contributed by atoms with Gasteiger partial charge in [-0.25, -0.2) is 8.42 Å². The summed E-state index contributed by atoms with van der Waals surface area (Å²) in [5.74, 6) is 0. The lowest BCUT2D eigenvalue weighted by atomic mass is 10.2. The number of rotatable bonds is 3. The van der Waals surface area contributed by atoms with Crippen molar-refractivity contribution in [2.75, 3.05) is 4.72 Å². The molecule has 0 bridgehead atoms. The Morgan fingerprint density at radius 1 is 1.14 bits per heavy atom. The fourth-order valence-electron chi connectivity index (χ4n) is 2.25. The molecule has 3 aromatic rings. The predicted octanol–water partition coefficient (Wildman–Crippen LogP) is 2.98. The van der Waals surface area contributed by atoms with Crippen LogP contribution >= 0.6 is 0 Å². The van der Waals surface area contributed by atoms with Gasteiger partial charge < -0.3 is 0 Å². The van der Waals surface area contributed by atoms with Crippen LogP contribution in [0.5, 0.6) is 0 Å². The number of sulfonamides is 1. The van der Waals surface area contributed by atoms with Gasteiger partial charge in [-0.15, -0.1) is 0 Å². The van der Waals surface area contributed by atoms with Crippen molar-refractivity contribution in [2.24, 2.45) is 0 Å². The molecule has 0 amide bonds. The normalized spacial score (nSPS) is 11.7. The summed E-state index contributed by atoms with van der Waals surface area (Å²) in [4.78, 5) is 0.294. The van der Waals surface area contributed by atoms with Gasteiger partial charge in [0.1, 0.15) is 0 Å². The van der Waals surface area contributed by atoms with Gasteiger partial charge in [0.25, 0.3) is 10.0 Å². The van der Waals surface area contributed by atoms with E-state index in [9.17, 15) is 8.42 Å². The van der Waals surface area contributed by atoms with E-state index in [2.05, 4.69) is 14.9 Å². The van der Waals surface area contributed by atoms with Crippen molar-refractivity contribution in [3.63, 3.8) is 0 Å². The number of hydrogen-bond donors (Lipinski definition) is 2. The summed E-state index contributed by atoms with van der Waals surface area (Å²) in [7, 11) is -3.63. The van der Waals surface area contributed by atoms with Crippen LogP contribution in [0.15, 0.2) is 47.5 Å². The minimum absolute atomic E-state index is 0.294. The Hall–Kier alpha value is -2.34. The van der Waals surface area contributed by atoms with Crippen LogP contribution in [0.4, 0.5) is 5.69 Å². The quantitative estimate of drug-likeness (QED) is 0.781. The van der Waals surface area contributed by atoms with Gasteiger partial charge >= 0.3 is 0 Å². The zero-order valence-electron chi connectivity index (χ0n) is 11.7. The van der Waals surface area contributed by atoms with Crippen LogP contribution in [0, 0.1) is 13.8 Å². The van der Waals surface area contributed by atoms with Crippen molar-refractivity contribution >= 4 is 26.6 Å². The second-order valence-corrected chi connectivity index (χ2v) is 6.66. The summed E-state index contributed by atoms with van der Waals surface area (Å²) in [6.45, 7) is 3.65. The first-order valence-electron chi connectivity index (χ1n) is 6.49. The molecule has 0 unspecified atom stereocenters. The molecule has 108 valence electrons. The first kappa shape index (κ1) is 13.6. The predicted molar refractivity (Wildman–Crippen MR) is 82.8 cm³/mol. The van der Waals surface area contributed by atoms with Crippen molar-refractivity contribution in [2.45, 2.75) is 18.7 Å². The Morgan fingerprint density at radius 3 is 2.76 bits per heavy atom. The first-order chi connectivity index (χ1) is 9.97. The van der Waals surface area contributed by atoms with Crippen molar-refractivity contribution < 1.29 is 8.42 Å². The third-order valence-corrected chi connectivity index (χ3v) is 4.87. The van der Waals surface area contributed by atoms with Gasteiger partial charge in [0.15, 0.2) is 0 Å². The van der Waals surface area contributed by atoms with Gasteiger partial charge in [-0.3, -0.25) is 9.82 Å². The van der Waals surface area contributed by atoms with Gasteiger partial charge in [0, 0.05) is 5.39 Å². The minimum Gasteiger partial charge on any atom is -0.279 e. The number of anilines is 1.